The van der Waals surface area contributed by atoms with Crippen LogP contribution in [0.25, 0.3) is 20.3 Å². The van der Waals surface area contributed by atoms with Crippen LogP contribution in [0.15, 0.2) is 70.2 Å². The Labute approximate surface area is 174 Å². The SMILES string of the molecule is Cn1c(N=Nc2ccc(C#N)cc2[N+](=O)[O-])ccc1-c1ccc(-c2cccs2)s1. The zero-order valence-electron chi connectivity index (χ0n) is 15.1. The van der Waals surface area contributed by atoms with Gasteiger partial charge in [-0.2, -0.15) is 5.26 Å². The fourth-order valence-electron chi connectivity index (χ4n) is 2.80. The van der Waals surface area contributed by atoms with Crippen molar-refractivity contribution >= 4 is 39.9 Å². The summed E-state index contributed by atoms with van der Waals surface area (Å²) < 4.78 is 1.89. The number of benzene rings is 1. The summed E-state index contributed by atoms with van der Waals surface area (Å²) in [5.74, 6) is 0.574. The monoisotopic (exact) mass is 419 g/mol. The Morgan fingerprint density at radius 2 is 1.90 bits per heavy atom. The van der Waals surface area contributed by atoms with Crippen molar-refractivity contribution in [3.63, 3.8) is 0 Å². The lowest BCUT2D eigenvalue weighted by molar-refractivity contribution is -0.384. The number of nitro groups is 1. The van der Waals surface area contributed by atoms with E-state index in [2.05, 4.69) is 33.8 Å². The third-order valence-corrected chi connectivity index (χ3v) is 6.45. The van der Waals surface area contributed by atoms with Gasteiger partial charge in [-0.3, -0.25) is 10.1 Å². The maximum atomic E-state index is 11.2. The molecular formula is C20H13N5O2S2. The number of nitro benzene ring substituents is 1. The van der Waals surface area contributed by atoms with Crippen molar-refractivity contribution in [3.8, 4) is 26.4 Å². The highest BCUT2D eigenvalue weighted by atomic mass is 32.1. The third kappa shape index (κ3) is 3.71. The number of azo groups is 1. The quantitative estimate of drug-likeness (QED) is 0.205. The second-order valence-electron chi connectivity index (χ2n) is 6.05. The lowest BCUT2D eigenvalue weighted by atomic mass is 10.2. The first-order valence-corrected chi connectivity index (χ1v) is 10.2. The molecule has 7 nitrogen and oxygen atoms in total. The maximum absolute atomic E-state index is 11.2. The summed E-state index contributed by atoms with van der Waals surface area (Å²) >= 11 is 3.39. The van der Waals surface area contributed by atoms with Crippen LogP contribution in [0.2, 0.25) is 0 Å². The third-order valence-electron chi connectivity index (χ3n) is 4.28. The van der Waals surface area contributed by atoms with Crippen molar-refractivity contribution in [2.75, 3.05) is 0 Å². The Hall–Kier alpha value is -3.61. The molecule has 0 saturated carbocycles. The van der Waals surface area contributed by atoms with Crippen molar-refractivity contribution < 1.29 is 4.92 Å². The summed E-state index contributed by atoms with van der Waals surface area (Å²) in [4.78, 5) is 14.2. The zero-order chi connectivity index (χ0) is 20.4. The number of rotatable bonds is 5. The van der Waals surface area contributed by atoms with Gasteiger partial charge in [-0.1, -0.05) is 6.07 Å². The van der Waals surface area contributed by atoms with E-state index in [9.17, 15) is 10.1 Å². The van der Waals surface area contributed by atoms with Crippen LogP contribution in [0.1, 0.15) is 5.56 Å². The molecule has 1 aromatic carbocycles. The highest BCUT2D eigenvalue weighted by molar-refractivity contribution is 7.23. The summed E-state index contributed by atoms with van der Waals surface area (Å²) in [5.41, 5.74) is 1.05. The van der Waals surface area contributed by atoms with Crippen LogP contribution in [-0.4, -0.2) is 9.49 Å². The molecule has 0 aliphatic heterocycles. The molecule has 3 aromatic heterocycles. The molecule has 9 heteroatoms. The molecule has 0 bridgehead atoms. The Bertz CT molecular complexity index is 1260. The van der Waals surface area contributed by atoms with Crippen molar-refractivity contribution in [1.82, 2.24) is 4.57 Å². The van der Waals surface area contributed by atoms with Gasteiger partial charge in [0.25, 0.3) is 5.69 Å². The topological polar surface area (TPSA) is 96.6 Å². The first kappa shape index (κ1) is 18.7. The first-order valence-electron chi connectivity index (χ1n) is 8.47. The Kier molecular flexibility index (Phi) is 5.03. The molecule has 0 radical (unpaired) electrons. The minimum atomic E-state index is -0.566. The average molecular weight is 419 g/mol. The Morgan fingerprint density at radius 1 is 1.07 bits per heavy atom. The molecule has 0 aliphatic rings. The molecule has 0 spiro atoms. The van der Waals surface area contributed by atoms with E-state index in [1.807, 2.05) is 35.9 Å². The van der Waals surface area contributed by atoms with Crippen molar-refractivity contribution in [2.24, 2.45) is 17.3 Å². The second kappa shape index (κ2) is 7.79. The molecule has 4 aromatic rings. The van der Waals surface area contributed by atoms with Gasteiger partial charge < -0.3 is 4.57 Å². The average Bonchev–Trinajstić information content (AvgIpc) is 3.47. The van der Waals surface area contributed by atoms with Crippen LogP contribution < -0.4 is 0 Å². The van der Waals surface area contributed by atoms with E-state index in [4.69, 9.17) is 5.26 Å². The van der Waals surface area contributed by atoms with E-state index < -0.39 is 4.92 Å². The number of nitriles is 1. The highest BCUT2D eigenvalue weighted by Gasteiger charge is 2.15. The van der Waals surface area contributed by atoms with Gasteiger partial charge in [-0.25, -0.2) is 0 Å². The Morgan fingerprint density at radius 3 is 2.62 bits per heavy atom. The van der Waals surface area contributed by atoms with Crippen LogP contribution in [0.4, 0.5) is 17.2 Å². The molecule has 142 valence electrons. The maximum Gasteiger partial charge on any atom is 0.298 e. The van der Waals surface area contributed by atoms with E-state index in [0.29, 0.717) is 5.82 Å². The van der Waals surface area contributed by atoms with Gasteiger partial charge in [-0.05, 0) is 47.8 Å². The van der Waals surface area contributed by atoms with Gasteiger partial charge in [-0.15, -0.1) is 32.9 Å². The molecule has 0 saturated heterocycles. The fourth-order valence-corrected chi connectivity index (χ4v) is 4.71. The van der Waals surface area contributed by atoms with E-state index >= 15 is 0 Å². The lowest BCUT2D eigenvalue weighted by Crippen LogP contribution is -1.90. The largest absolute Gasteiger partial charge is 0.327 e. The van der Waals surface area contributed by atoms with E-state index in [1.165, 1.54) is 28.0 Å². The minimum Gasteiger partial charge on any atom is -0.327 e. The molecule has 0 fully saturated rings. The molecule has 0 amide bonds. The van der Waals surface area contributed by atoms with Gasteiger partial charge in [0.15, 0.2) is 11.5 Å². The normalized spacial score (nSPS) is 11.0. The summed E-state index contributed by atoms with van der Waals surface area (Å²) in [5, 5.41) is 30.5. The van der Waals surface area contributed by atoms with E-state index in [1.54, 1.807) is 22.7 Å². The molecule has 3 heterocycles. The Balaban J connectivity index is 1.63. The predicted octanol–water partition coefficient (Wildman–Crippen LogP) is 6.68. The molecule has 29 heavy (non-hydrogen) atoms. The number of aromatic nitrogens is 1. The number of hydrogen-bond donors (Lipinski definition) is 0. The van der Waals surface area contributed by atoms with Crippen molar-refractivity contribution in [2.45, 2.75) is 0 Å². The number of nitrogens with zero attached hydrogens (tertiary/aromatic N) is 5. The van der Waals surface area contributed by atoms with Crippen molar-refractivity contribution in [1.29, 1.82) is 5.26 Å². The van der Waals surface area contributed by atoms with Crippen LogP contribution >= 0.6 is 22.7 Å². The van der Waals surface area contributed by atoms with Gasteiger partial charge in [0.2, 0.25) is 0 Å². The van der Waals surface area contributed by atoms with Crippen LogP contribution in [-0.2, 0) is 7.05 Å². The van der Waals surface area contributed by atoms with E-state index in [0.717, 1.165) is 10.6 Å². The second-order valence-corrected chi connectivity index (χ2v) is 8.08. The highest BCUT2D eigenvalue weighted by Crippen LogP contribution is 2.38. The van der Waals surface area contributed by atoms with Crippen LogP contribution in [0.3, 0.4) is 0 Å². The smallest absolute Gasteiger partial charge is 0.298 e. The van der Waals surface area contributed by atoms with Gasteiger partial charge in [0.05, 0.1) is 27.1 Å². The van der Waals surface area contributed by atoms with Crippen LogP contribution in [0, 0.1) is 21.4 Å². The molecule has 0 unspecified atom stereocenters. The predicted molar refractivity (Wildman–Crippen MR) is 114 cm³/mol. The molecule has 0 atom stereocenters. The van der Waals surface area contributed by atoms with E-state index in [-0.39, 0.29) is 16.9 Å². The van der Waals surface area contributed by atoms with Gasteiger partial charge in [0.1, 0.15) is 0 Å². The number of thiophene rings is 2. The molecule has 0 N–H and O–H groups in total. The summed E-state index contributed by atoms with van der Waals surface area (Å²) in [6.07, 6.45) is 0. The fraction of sp³-hybridized carbons (Fsp3) is 0.0500. The molecule has 4 rings (SSSR count). The summed E-state index contributed by atoms with van der Waals surface area (Å²) in [7, 11) is 1.88. The molecular weight excluding hydrogens is 406 g/mol. The van der Waals surface area contributed by atoms with Crippen molar-refractivity contribution in [3.05, 3.63) is 75.7 Å². The standard InChI is InChI=1S/C20H13N5O2S2/c1-24-15(17-7-8-19(29-17)18-3-2-10-28-18)6-9-20(24)23-22-14-5-4-13(12-21)11-16(14)25(26)27/h2-11H,1H3. The van der Waals surface area contributed by atoms with Crippen LogP contribution in [0.5, 0.6) is 0 Å². The first-order chi connectivity index (χ1) is 14.1. The zero-order valence-corrected chi connectivity index (χ0v) is 16.8. The summed E-state index contributed by atoms with van der Waals surface area (Å²) in [6, 6.07) is 18.1. The van der Waals surface area contributed by atoms with Gasteiger partial charge in [0, 0.05) is 22.9 Å². The minimum absolute atomic E-state index is 0.104. The number of hydrogen-bond acceptors (Lipinski definition) is 7. The van der Waals surface area contributed by atoms with Gasteiger partial charge >= 0.3 is 0 Å². The lowest BCUT2D eigenvalue weighted by Gasteiger charge is -2.02. The molecule has 0 aliphatic carbocycles. The summed E-state index contributed by atoms with van der Waals surface area (Å²) in [6.45, 7) is 0.